The van der Waals surface area contributed by atoms with Crippen molar-refractivity contribution in [1.29, 1.82) is 0 Å². The smallest absolute Gasteiger partial charge is 0.275 e. The molecule has 2 aromatic rings. The first-order valence-electron chi connectivity index (χ1n) is 11.0. The van der Waals surface area contributed by atoms with E-state index in [1.165, 1.54) is 16.2 Å². The number of amides is 1. The molecule has 1 fully saturated rings. The van der Waals surface area contributed by atoms with E-state index in [0.717, 1.165) is 58.0 Å². The van der Waals surface area contributed by atoms with Gasteiger partial charge in [-0.15, -0.1) is 0 Å². The quantitative estimate of drug-likeness (QED) is 0.467. The number of nitrogens with one attached hydrogen (secondary N) is 3. The zero-order chi connectivity index (χ0) is 21.2. The van der Waals surface area contributed by atoms with Crippen molar-refractivity contribution in [3.63, 3.8) is 0 Å². The van der Waals surface area contributed by atoms with Gasteiger partial charge in [0, 0.05) is 31.4 Å². The lowest BCUT2D eigenvalue weighted by atomic mass is 10.2. The maximum absolute atomic E-state index is 12.3. The van der Waals surface area contributed by atoms with E-state index in [-0.39, 0.29) is 5.91 Å². The first-order valence-corrected chi connectivity index (χ1v) is 11.0. The third-order valence-corrected chi connectivity index (χ3v) is 5.88. The van der Waals surface area contributed by atoms with Crippen molar-refractivity contribution in [2.75, 3.05) is 64.9 Å². The number of carbonyl (C=O) groups is 1. The number of rotatable bonds is 10. The lowest BCUT2D eigenvalue weighted by molar-refractivity contribution is -1.02. The molecule has 0 bridgehead atoms. The van der Waals surface area contributed by atoms with Crippen molar-refractivity contribution in [3.05, 3.63) is 60.2 Å². The molecule has 3 N–H and O–H groups in total. The number of para-hydroxylation sites is 1. The number of piperazine rings is 1. The van der Waals surface area contributed by atoms with Crippen molar-refractivity contribution in [2.24, 2.45) is 0 Å². The van der Waals surface area contributed by atoms with Crippen LogP contribution in [0.3, 0.4) is 0 Å². The van der Waals surface area contributed by atoms with E-state index in [9.17, 15) is 4.79 Å². The van der Waals surface area contributed by atoms with Crippen LogP contribution in [0.4, 0.5) is 5.69 Å². The number of benzene rings is 2. The molecule has 0 unspecified atom stereocenters. The predicted molar refractivity (Wildman–Crippen MR) is 120 cm³/mol. The van der Waals surface area contributed by atoms with Gasteiger partial charge in [0.2, 0.25) is 0 Å². The fourth-order valence-electron chi connectivity index (χ4n) is 3.99. The number of carbonyl (C=O) groups excluding carboxylic acids is 1. The summed E-state index contributed by atoms with van der Waals surface area (Å²) in [6.07, 6.45) is 0.951. The van der Waals surface area contributed by atoms with Gasteiger partial charge in [-0.05, 0) is 42.8 Å². The van der Waals surface area contributed by atoms with E-state index in [4.69, 9.17) is 4.74 Å². The van der Waals surface area contributed by atoms with Crippen LogP contribution in [-0.4, -0.2) is 65.9 Å². The molecule has 0 aliphatic carbocycles. The van der Waals surface area contributed by atoms with E-state index in [2.05, 4.69) is 53.7 Å². The number of hydrogen-bond acceptors (Lipinski definition) is 3. The molecule has 30 heavy (non-hydrogen) atoms. The Morgan fingerprint density at radius 2 is 1.67 bits per heavy atom. The van der Waals surface area contributed by atoms with E-state index >= 15 is 0 Å². The molecule has 0 spiro atoms. The van der Waals surface area contributed by atoms with Gasteiger partial charge in [-0.3, -0.25) is 4.79 Å². The summed E-state index contributed by atoms with van der Waals surface area (Å²) in [7, 11) is 3.79. The third kappa shape index (κ3) is 7.04. The van der Waals surface area contributed by atoms with Crippen molar-refractivity contribution in [3.8, 4) is 5.75 Å². The van der Waals surface area contributed by atoms with Crippen LogP contribution >= 0.6 is 0 Å². The molecular weight excluding hydrogens is 376 g/mol. The van der Waals surface area contributed by atoms with Crippen LogP contribution < -0.4 is 24.8 Å². The van der Waals surface area contributed by atoms with Crippen LogP contribution in [0.5, 0.6) is 5.75 Å². The Morgan fingerprint density at radius 1 is 1.00 bits per heavy atom. The van der Waals surface area contributed by atoms with Crippen molar-refractivity contribution in [2.45, 2.75) is 13.0 Å². The summed E-state index contributed by atoms with van der Waals surface area (Å²) in [5.41, 5.74) is 2.55. The average molecular weight is 413 g/mol. The zero-order valence-electron chi connectivity index (χ0n) is 18.3. The predicted octanol–water partition coefficient (Wildman–Crippen LogP) is -0.379. The first kappa shape index (κ1) is 22.1. The molecule has 1 amide bonds. The maximum atomic E-state index is 12.3. The number of ether oxygens (including phenoxy) is 1. The SMILES string of the molecule is COc1ccc(C[NH+]2CC[NH+](CC(=O)NCCCN(C)c3ccccc3)CC2)cc1. The van der Waals surface area contributed by atoms with Gasteiger partial charge in [0.15, 0.2) is 6.54 Å². The van der Waals surface area contributed by atoms with E-state index in [1.807, 2.05) is 18.2 Å². The molecule has 0 radical (unpaired) electrons. The highest BCUT2D eigenvalue weighted by molar-refractivity contribution is 5.76. The standard InChI is InChI=1S/C24H34N4O2/c1-26(22-7-4-3-5-8-22)14-6-13-25-24(29)20-28-17-15-27(16-18-28)19-21-9-11-23(30-2)12-10-21/h3-5,7-12H,6,13-20H2,1-2H3,(H,25,29)/p+2. The van der Waals surface area contributed by atoms with Crippen molar-refractivity contribution < 1.29 is 19.3 Å². The molecule has 1 aliphatic heterocycles. The van der Waals surface area contributed by atoms with Gasteiger partial charge in [0.1, 0.15) is 38.5 Å². The van der Waals surface area contributed by atoms with Crippen LogP contribution in [-0.2, 0) is 11.3 Å². The Hall–Kier alpha value is -2.57. The number of nitrogens with zero attached hydrogens (tertiary/aromatic N) is 1. The Morgan fingerprint density at radius 3 is 2.33 bits per heavy atom. The van der Waals surface area contributed by atoms with E-state index in [0.29, 0.717) is 6.54 Å². The second-order valence-electron chi connectivity index (χ2n) is 8.16. The van der Waals surface area contributed by atoms with Crippen LogP contribution in [0, 0.1) is 0 Å². The van der Waals surface area contributed by atoms with Gasteiger partial charge in [-0.1, -0.05) is 18.2 Å². The molecule has 162 valence electrons. The Bertz CT molecular complexity index is 759. The van der Waals surface area contributed by atoms with E-state index < -0.39 is 0 Å². The minimum atomic E-state index is 0.172. The summed E-state index contributed by atoms with van der Waals surface area (Å²) in [5.74, 6) is 1.08. The molecule has 1 aliphatic rings. The number of methoxy groups -OCH3 is 1. The lowest BCUT2D eigenvalue weighted by Crippen LogP contribution is -3.28. The fraction of sp³-hybridized carbons (Fsp3) is 0.458. The fourth-order valence-corrected chi connectivity index (χ4v) is 3.99. The van der Waals surface area contributed by atoms with Crippen molar-refractivity contribution in [1.82, 2.24) is 5.32 Å². The Labute approximate surface area is 180 Å². The highest BCUT2D eigenvalue weighted by Crippen LogP contribution is 2.11. The normalized spacial score (nSPS) is 18.6. The summed E-state index contributed by atoms with van der Waals surface area (Å²) >= 11 is 0. The first-order chi connectivity index (χ1) is 14.6. The van der Waals surface area contributed by atoms with Crippen LogP contribution in [0.2, 0.25) is 0 Å². The largest absolute Gasteiger partial charge is 0.497 e. The van der Waals surface area contributed by atoms with E-state index in [1.54, 1.807) is 12.0 Å². The monoisotopic (exact) mass is 412 g/mol. The summed E-state index contributed by atoms with van der Waals surface area (Å²) in [4.78, 5) is 17.5. The highest BCUT2D eigenvalue weighted by Gasteiger charge is 2.24. The Balaban J connectivity index is 1.28. The number of anilines is 1. The summed E-state index contributed by atoms with van der Waals surface area (Å²) in [5, 5.41) is 3.09. The molecule has 3 rings (SSSR count). The Kier molecular flexibility index (Phi) is 8.53. The molecule has 6 nitrogen and oxygen atoms in total. The maximum Gasteiger partial charge on any atom is 0.275 e. The van der Waals surface area contributed by atoms with Gasteiger partial charge in [0.05, 0.1) is 7.11 Å². The minimum absolute atomic E-state index is 0.172. The highest BCUT2D eigenvalue weighted by atomic mass is 16.5. The van der Waals surface area contributed by atoms with Crippen LogP contribution in [0.15, 0.2) is 54.6 Å². The second kappa shape index (κ2) is 11.6. The van der Waals surface area contributed by atoms with Crippen molar-refractivity contribution >= 4 is 11.6 Å². The molecule has 1 saturated heterocycles. The number of quaternary nitrogens is 2. The van der Waals surface area contributed by atoms with Gasteiger partial charge in [0.25, 0.3) is 5.91 Å². The summed E-state index contributed by atoms with van der Waals surface area (Å²) in [6, 6.07) is 18.7. The van der Waals surface area contributed by atoms with Gasteiger partial charge >= 0.3 is 0 Å². The van der Waals surface area contributed by atoms with Crippen LogP contribution in [0.25, 0.3) is 0 Å². The van der Waals surface area contributed by atoms with Gasteiger partial charge in [-0.25, -0.2) is 0 Å². The molecule has 0 aromatic heterocycles. The minimum Gasteiger partial charge on any atom is -0.497 e. The molecule has 0 saturated carbocycles. The molecule has 0 atom stereocenters. The third-order valence-electron chi connectivity index (χ3n) is 5.88. The lowest BCUT2D eigenvalue weighted by Gasteiger charge is -2.29. The van der Waals surface area contributed by atoms with Crippen LogP contribution in [0.1, 0.15) is 12.0 Å². The molecular formula is C24H36N4O2+2. The summed E-state index contributed by atoms with van der Waals surface area (Å²) in [6.45, 7) is 7.61. The molecule has 6 heteroatoms. The topological polar surface area (TPSA) is 50.5 Å². The average Bonchev–Trinajstić information content (AvgIpc) is 2.79. The zero-order valence-corrected chi connectivity index (χ0v) is 18.3. The summed E-state index contributed by atoms with van der Waals surface area (Å²) < 4.78 is 5.23. The number of hydrogen-bond donors (Lipinski definition) is 3. The second-order valence-corrected chi connectivity index (χ2v) is 8.16. The van der Waals surface area contributed by atoms with Gasteiger partial charge < -0.3 is 24.8 Å². The molecule has 2 aromatic carbocycles. The van der Waals surface area contributed by atoms with Gasteiger partial charge in [-0.2, -0.15) is 0 Å². The molecule has 1 heterocycles.